The van der Waals surface area contributed by atoms with Crippen LogP contribution < -0.4 is 0 Å². The Morgan fingerprint density at radius 3 is 2.41 bits per heavy atom. The molecule has 2 aromatic heterocycles. The third-order valence-electron chi connectivity index (χ3n) is 4.93. The number of hydrogen-bond donors (Lipinski definition) is 0. The fraction of sp³-hybridized carbons (Fsp3) is 0.150. The molecule has 106 valence electrons. The molecule has 4 aromatic rings. The summed E-state index contributed by atoms with van der Waals surface area (Å²) in [6.07, 6.45) is 1.92. The summed E-state index contributed by atoms with van der Waals surface area (Å²) in [6.45, 7) is 4.67. The molecule has 1 nitrogen and oxygen atoms in total. The van der Waals surface area contributed by atoms with Crippen LogP contribution in [0.3, 0.4) is 0 Å². The van der Waals surface area contributed by atoms with Crippen molar-refractivity contribution >= 4 is 33.8 Å². The number of aromatic nitrogens is 1. The second-order valence-electron chi connectivity index (χ2n) is 6.48. The van der Waals surface area contributed by atoms with Gasteiger partial charge in [-0.1, -0.05) is 0 Å². The molecule has 0 spiro atoms. The summed E-state index contributed by atoms with van der Waals surface area (Å²) in [5.41, 5.74) is 5.23. The molecule has 2 heteroatoms. The molecule has 0 atom stereocenters. The SMILES string of the molecule is CC1(C)c2cccnc2-c2cccc3[se]c4cccc1c4c23. The molecule has 0 bridgehead atoms. The molecule has 0 aliphatic heterocycles. The average Bonchev–Trinajstić information content (AvgIpc) is 2.89. The number of pyridine rings is 1. The van der Waals surface area contributed by atoms with Crippen molar-refractivity contribution in [3.8, 4) is 11.3 Å². The van der Waals surface area contributed by atoms with Crippen LogP contribution in [0, 0.1) is 0 Å². The Kier molecular flexibility index (Phi) is 2.35. The van der Waals surface area contributed by atoms with Crippen LogP contribution in [0.5, 0.6) is 0 Å². The number of benzene rings is 2. The molecule has 1 aliphatic carbocycles. The summed E-state index contributed by atoms with van der Waals surface area (Å²) >= 11 is 0.416. The zero-order valence-corrected chi connectivity index (χ0v) is 14.3. The fourth-order valence-corrected chi connectivity index (χ4v) is 6.28. The summed E-state index contributed by atoms with van der Waals surface area (Å²) in [4.78, 5) is 4.77. The van der Waals surface area contributed by atoms with Crippen molar-refractivity contribution in [1.29, 1.82) is 0 Å². The predicted molar refractivity (Wildman–Crippen MR) is 93.8 cm³/mol. The van der Waals surface area contributed by atoms with Gasteiger partial charge < -0.3 is 0 Å². The molecule has 0 amide bonds. The molecular weight excluding hydrogens is 333 g/mol. The van der Waals surface area contributed by atoms with Gasteiger partial charge in [0.2, 0.25) is 0 Å². The molecule has 5 rings (SSSR count). The van der Waals surface area contributed by atoms with E-state index in [9.17, 15) is 0 Å². The van der Waals surface area contributed by atoms with Gasteiger partial charge in [0.1, 0.15) is 0 Å². The van der Waals surface area contributed by atoms with Gasteiger partial charge in [0.05, 0.1) is 0 Å². The van der Waals surface area contributed by atoms with E-state index in [0.717, 1.165) is 5.69 Å². The standard InChI is InChI=1S/C20H15NSe/c1-20(2)13-7-4-10-16-18(13)17-12(6-3-9-15(17)22-16)19-14(20)8-5-11-21-19/h3-11H,1-2H3. The Labute approximate surface area is 135 Å². The number of fused-ring (bicyclic) bond motifs is 2. The Hall–Kier alpha value is -1.89. The van der Waals surface area contributed by atoms with Gasteiger partial charge in [-0.05, 0) is 0 Å². The molecule has 1 aliphatic rings. The van der Waals surface area contributed by atoms with Gasteiger partial charge in [-0.25, -0.2) is 0 Å². The van der Waals surface area contributed by atoms with E-state index >= 15 is 0 Å². The van der Waals surface area contributed by atoms with Crippen molar-refractivity contribution in [3.63, 3.8) is 0 Å². The maximum absolute atomic E-state index is 4.77. The zero-order chi connectivity index (χ0) is 14.9. The average molecular weight is 348 g/mol. The first-order chi connectivity index (χ1) is 10.7. The molecular formula is C20H15NSe. The molecule has 2 aromatic carbocycles. The van der Waals surface area contributed by atoms with Gasteiger partial charge in [0.15, 0.2) is 0 Å². The van der Waals surface area contributed by atoms with E-state index in [0.29, 0.717) is 14.5 Å². The first-order valence-electron chi connectivity index (χ1n) is 7.58. The second-order valence-corrected chi connectivity index (χ2v) is 8.76. The van der Waals surface area contributed by atoms with Crippen molar-refractivity contribution in [2.45, 2.75) is 19.3 Å². The van der Waals surface area contributed by atoms with Crippen LogP contribution in [0.2, 0.25) is 0 Å². The van der Waals surface area contributed by atoms with Gasteiger partial charge in [-0.2, -0.15) is 0 Å². The van der Waals surface area contributed by atoms with E-state index in [1.165, 1.54) is 36.0 Å². The third kappa shape index (κ3) is 1.42. The first-order valence-corrected chi connectivity index (χ1v) is 9.30. The van der Waals surface area contributed by atoms with Crippen LogP contribution in [0.15, 0.2) is 54.7 Å². The molecule has 0 N–H and O–H groups in total. The maximum atomic E-state index is 4.77. The predicted octanol–water partition coefficient (Wildman–Crippen LogP) is 4.75. The number of hydrogen-bond acceptors (Lipinski definition) is 1. The molecule has 0 unspecified atom stereocenters. The topological polar surface area (TPSA) is 12.9 Å². The van der Waals surface area contributed by atoms with Crippen LogP contribution in [-0.4, -0.2) is 19.5 Å². The first kappa shape index (κ1) is 12.6. The van der Waals surface area contributed by atoms with Crippen LogP contribution in [0.4, 0.5) is 0 Å². The van der Waals surface area contributed by atoms with E-state index in [-0.39, 0.29) is 5.41 Å². The van der Waals surface area contributed by atoms with E-state index in [4.69, 9.17) is 4.98 Å². The van der Waals surface area contributed by atoms with Crippen LogP contribution >= 0.6 is 0 Å². The van der Waals surface area contributed by atoms with Crippen LogP contribution in [0.1, 0.15) is 25.0 Å². The van der Waals surface area contributed by atoms with Crippen LogP contribution in [0.25, 0.3) is 30.6 Å². The van der Waals surface area contributed by atoms with Gasteiger partial charge >= 0.3 is 135 Å². The van der Waals surface area contributed by atoms with E-state index in [1.807, 2.05) is 6.20 Å². The van der Waals surface area contributed by atoms with Gasteiger partial charge in [0, 0.05) is 0 Å². The third-order valence-corrected chi connectivity index (χ3v) is 7.28. The summed E-state index contributed by atoms with van der Waals surface area (Å²) in [5, 5.41) is 2.93. The van der Waals surface area contributed by atoms with Crippen molar-refractivity contribution in [3.05, 3.63) is 65.9 Å². The minimum absolute atomic E-state index is 0.0222. The second kappa shape index (κ2) is 4.10. The number of nitrogens with zero attached hydrogens (tertiary/aromatic N) is 1. The van der Waals surface area contributed by atoms with E-state index < -0.39 is 0 Å². The van der Waals surface area contributed by atoms with Gasteiger partial charge in [0.25, 0.3) is 0 Å². The Morgan fingerprint density at radius 2 is 1.55 bits per heavy atom. The fourth-order valence-electron chi connectivity index (χ4n) is 3.85. The van der Waals surface area contributed by atoms with Gasteiger partial charge in [-0.15, -0.1) is 0 Å². The summed E-state index contributed by atoms with van der Waals surface area (Å²) < 4.78 is 3.02. The molecule has 0 radical (unpaired) electrons. The molecule has 0 saturated heterocycles. The quantitative estimate of drug-likeness (QED) is 0.418. The Bertz CT molecular complexity index is 1060. The van der Waals surface area contributed by atoms with Crippen molar-refractivity contribution in [2.75, 3.05) is 0 Å². The molecule has 0 fully saturated rings. The Morgan fingerprint density at radius 1 is 0.818 bits per heavy atom. The number of rotatable bonds is 0. The van der Waals surface area contributed by atoms with Gasteiger partial charge in [-0.3, -0.25) is 0 Å². The van der Waals surface area contributed by atoms with Crippen molar-refractivity contribution < 1.29 is 0 Å². The minimum atomic E-state index is -0.0222. The Balaban J connectivity index is 2.15. The van der Waals surface area contributed by atoms with E-state index in [1.54, 1.807) is 0 Å². The van der Waals surface area contributed by atoms with Crippen molar-refractivity contribution in [2.24, 2.45) is 0 Å². The zero-order valence-electron chi connectivity index (χ0n) is 12.6. The van der Waals surface area contributed by atoms with E-state index in [2.05, 4.69) is 62.4 Å². The summed E-state index contributed by atoms with van der Waals surface area (Å²) in [7, 11) is 0. The monoisotopic (exact) mass is 349 g/mol. The molecule has 22 heavy (non-hydrogen) atoms. The molecule has 2 heterocycles. The van der Waals surface area contributed by atoms with Crippen LogP contribution in [-0.2, 0) is 5.41 Å². The summed E-state index contributed by atoms with van der Waals surface area (Å²) in [6, 6.07) is 17.9. The normalized spacial score (nSPS) is 15.2. The molecule has 0 saturated carbocycles. The summed E-state index contributed by atoms with van der Waals surface area (Å²) in [5.74, 6) is 0. The van der Waals surface area contributed by atoms with Crippen molar-refractivity contribution in [1.82, 2.24) is 4.98 Å².